The highest BCUT2D eigenvalue weighted by atomic mass is 79.9. The van der Waals surface area contributed by atoms with Crippen LogP contribution in [-0.2, 0) is 0 Å². The number of fused-ring (bicyclic) bond motifs is 1. The largest absolute Gasteiger partial charge is 0.384 e. The average Bonchev–Trinajstić information content (AvgIpc) is 2.89. The van der Waals surface area contributed by atoms with Crippen LogP contribution in [0, 0.1) is 6.92 Å². The van der Waals surface area contributed by atoms with Crippen molar-refractivity contribution < 1.29 is 5.11 Å². The predicted molar refractivity (Wildman–Crippen MR) is 84.8 cm³/mol. The second-order valence-electron chi connectivity index (χ2n) is 4.59. The summed E-state index contributed by atoms with van der Waals surface area (Å²) in [6.07, 6.45) is -0.583. The predicted octanol–water partition coefficient (Wildman–Crippen LogP) is 5.05. The summed E-state index contributed by atoms with van der Waals surface area (Å²) in [5.74, 6) is 0. The van der Waals surface area contributed by atoms with E-state index in [0.29, 0.717) is 0 Å². The summed E-state index contributed by atoms with van der Waals surface area (Å²) < 4.78 is 2.15. The molecular weight excluding hydrogens is 320 g/mol. The molecule has 1 atom stereocenters. The van der Waals surface area contributed by atoms with E-state index >= 15 is 0 Å². The van der Waals surface area contributed by atoms with E-state index < -0.39 is 6.10 Å². The lowest BCUT2D eigenvalue weighted by Gasteiger charge is -2.15. The molecule has 0 amide bonds. The molecule has 1 N–H and O–H groups in total. The van der Waals surface area contributed by atoms with Gasteiger partial charge in [-0.3, -0.25) is 0 Å². The van der Waals surface area contributed by atoms with E-state index in [1.54, 1.807) is 11.3 Å². The molecule has 0 radical (unpaired) electrons. The molecule has 0 aliphatic heterocycles. The molecule has 3 heteroatoms. The molecule has 3 rings (SSSR count). The minimum absolute atomic E-state index is 0.583. The van der Waals surface area contributed by atoms with Gasteiger partial charge >= 0.3 is 0 Å². The van der Waals surface area contributed by atoms with Gasteiger partial charge in [-0.25, -0.2) is 0 Å². The Kier molecular flexibility index (Phi) is 3.44. The van der Waals surface area contributed by atoms with Crippen LogP contribution in [0.4, 0.5) is 0 Å². The van der Waals surface area contributed by atoms with Crippen molar-refractivity contribution in [2.75, 3.05) is 0 Å². The third-order valence-electron chi connectivity index (χ3n) is 3.34. The third kappa shape index (κ3) is 2.34. The first-order valence-electron chi connectivity index (χ1n) is 6.07. The Balaban J connectivity index is 2.15. The Hall–Kier alpha value is -1.16. The highest BCUT2D eigenvalue weighted by molar-refractivity contribution is 9.10. The van der Waals surface area contributed by atoms with Crippen LogP contribution in [0.5, 0.6) is 0 Å². The lowest BCUT2D eigenvalue weighted by Crippen LogP contribution is -2.02. The van der Waals surface area contributed by atoms with E-state index in [2.05, 4.69) is 33.4 Å². The summed E-state index contributed by atoms with van der Waals surface area (Å²) in [6.45, 7) is 2.03. The molecule has 0 spiro atoms. The van der Waals surface area contributed by atoms with Crippen molar-refractivity contribution in [1.82, 2.24) is 0 Å². The number of rotatable bonds is 2. The van der Waals surface area contributed by atoms with E-state index in [9.17, 15) is 5.11 Å². The van der Waals surface area contributed by atoms with Crippen molar-refractivity contribution in [3.05, 3.63) is 69.0 Å². The summed E-state index contributed by atoms with van der Waals surface area (Å²) in [4.78, 5) is 0. The molecule has 1 aromatic heterocycles. The average molecular weight is 333 g/mol. The number of hydrogen-bond donors (Lipinski definition) is 1. The fraction of sp³-hybridized carbons (Fsp3) is 0.125. The van der Waals surface area contributed by atoms with Crippen LogP contribution in [-0.4, -0.2) is 5.11 Å². The summed E-state index contributed by atoms with van der Waals surface area (Å²) in [6, 6.07) is 14.2. The second kappa shape index (κ2) is 5.08. The number of halogens is 1. The minimum Gasteiger partial charge on any atom is -0.384 e. The fourth-order valence-corrected chi connectivity index (χ4v) is 3.62. The zero-order valence-electron chi connectivity index (χ0n) is 10.4. The van der Waals surface area contributed by atoms with E-state index in [1.165, 1.54) is 5.39 Å². The zero-order chi connectivity index (χ0) is 13.4. The number of aliphatic hydroxyl groups excluding tert-OH is 1. The molecule has 0 saturated heterocycles. The zero-order valence-corrected chi connectivity index (χ0v) is 12.8. The molecule has 0 saturated carbocycles. The highest BCUT2D eigenvalue weighted by Gasteiger charge is 2.16. The van der Waals surface area contributed by atoms with Gasteiger partial charge in [-0.05, 0) is 47.0 Å². The van der Waals surface area contributed by atoms with E-state index in [0.717, 1.165) is 25.9 Å². The summed E-state index contributed by atoms with van der Waals surface area (Å²) in [5, 5.41) is 14.0. The van der Waals surface area contributed by atoms with Crippen LogP contribution >= 0.6 is 27.3 Å². The molecule has 1 unspecified atom stereocenters. The number of aliphatic hydroxyl groups is 1. The number of benzene rings is 2. The maximum atomic E-state index is 10.7. The van der Waals surface area contributed by atoms with Gasteiger partial charge in [0.1, 0.15) is 6.10 Å². The molecule has 3 aromatic rings. The molecule has 19 heavy (non-hydrogen) atoms. The quantitative estimate of drug-likeness (QED) is 0.695. The minimum atomic E-state index is -0.583. The first-order valence-corrected chi connectivity index (χ1v) is 7.74. The van der Waals surface area contributed by atoms with E-state index in [4.69, 9.17) is 0 Å². The molecule has 1 nitrogen and oxygen atoms in total. The lowest BCUT2D eigenvalue weighted by atomic mass is 9.97. The Morgan fingerprint density at radius 2 is 1.95 bits per heavy atom. The van der Waals surface area contributed by atoms with Crippen LogP contribution in [0.3, 0.4) is 0 Å². The number of thiophene rings is 1. The van der Waals surface area contributed by atoms with Crippen molar-refractivity contribution in [2.24, 2.45) is 0 Å². The molecule has 0 fully saturated rings. The second-order valence-corrected chi connectivity index (χ2v) is 6.42. The Morgan fingerprint density at radius 1 is 1.11 bits per heavy atom. The third-order valence-corrected chi connectivity index (χ3v) is 4.81. The molecule has 0 aliphatic rings. The summed E-state index contributed by atoms with van der Waals surface area (Å²) >= 11 is 5.15. The Labute approximate surface area is 124 Å². The van der Waals surface area contributed by atoms with Gasteiger partial charge in [0.25, 0.3) is 0 Å². The van der Waals surface area contributed by atoms with Crippen LogP contribution in [0.25, 0.3) is 10.1 Å². The van der Waals surface area contributed by atoms with Crippen molar-refractivity contribution in [3.63, 3.8) is 0 Å². The monoisotopic (exact) mass is 332 g/mol. The van der Waals surface area contributed by atoms with Gasteiger partial charge in [-0.2, -0.15) is 0 Å². The lowest BCUT2D eigenvalue weighted by molar-refractivity contribution is 0.221. The van der Waals surface area contributed by atoms with Crippen molar-refractivity contribution in [1.29, 1.82) is 0 Å². The Bertz CT molecular complexity index is 732. The van der Waals surface area contributed by atoms with Crippen molar-refractivity contribution in [2.45, 2.75) is 13.0 Å². The van der Waals surface area contributed by atoms with Crippen LogP contribution in [0.1, 0.15) is 22.8 Å². The molecule has 2 aromatic carbocycles. The van der Waals surface area contributed by atoms with Crippen molar-refractivity contribution >= 4 is 37.4 Å². The summed E-state index contributed by atoms with van der Waals surface area (Å²) in [7, 11) is 0. The topological polar surface area (TPSA) is 20.2 Å². The molecular formula is C16H13BrOS. The fourth-order valence-electron chi connectivity index (χ4n) is 2.30. The van der Waals surface area contributed by atoms with Gasteiger partial charge in [0, 0.05) is 14.7 Å². The van der Waals surface area contributed by atoms with Gasteiger partial charge in [0.2, 0.25) is 0 Å². The molecule has 0 aliphatic carbocycles. The molecule has 0 bridgehead atoms. The standard InChI is InChI=1S/C16H13BrOS/c1-10-5-6-12(17)9-14(10)15(18)13-4-2-3-11-7-8-19-16(11)13/h2-9,15,18H,1H3. The highest BCUT2D eigenvalue weighted by Crippen LogP contribution is 2.34. The molecule has 96 valence electrons. The van der Waals surface area contributed by atoms with E-state index in [1.807, 2.05) is 37.3 Å². The smallest absolute Gasteiger partial charge is 0.106 e. The Morgan fingerprint density at radius 3 is 2.79 bits per heavy atom. The number of aryl methyl sites for hydroxylation is 1. The van der Waals surface area contributed by atoms with Gasteiger partial charge in [-0.15, -0.1) is 11.3 Å². The van der Waals surface area contributed by atoms with Gasteiger partial charge < -0.3 is 5.11 Å². The summed E-state index contributed by atoms with van der Waals surface area (Å²) in [5.41, 5.74) is 3.04. The van der Waals surface area contributed by atoms with E-state index in [-0.39, 0.29) is 0 Å². The van der Waals surface area contributed by atoms with Crippen LogP contribution in [0.2, 0.25) is 0 Å². The maximum absolute atomic E-state index is 10.7. The van der Waals surface area contributed by atoms with Crippen LogP contribution in [0.15, 0.2) is 52.3 Å². The van der Waals surface area contributed by atoms with Crippen LogP contribution < -0.4 is 0 Å². The number of hydrogen-bond acceptors (Lipinski definition) is 2. The first kappa shape index (κ1) is 12.9. The van der Waals surface area contributed by atoms with Gasteiger partial charge in [0.05, 0.1) is 0 Å². The first-order chi connectivity index (χ1) is 9.16. The SMILES string of the molecule is Cc1ccc(Br)cc1C(O)c1cccc2ccsc12. The molecule has 1 heterocycles. The normalized spacial score (nSPS) is 12.8. The van der Waals surface area contributed by atoms with Crippen molar-refractivity contribution in [3.8, 4) is 0 Å². The van der Waals surface area contributed by atoms with Gasteiger partial charge in [0.15, 0.2) is 0 Å². The van der Waals surface area contributed by atoms with Gasteiger partial charge in [-0.1, -0.05) is 40.2 Å². The maximum Gasteiger partial charge on any atom is 0.106 e.